The molecule has 0 amide bonds. The average Bonchev–Trinajstić information content (AvgIpc) is 3.15. The topological polar surface area (TPSA) is 58.2 Å². The molecule has 0 saturated heterocycles. The summed E-state index contributed by atoms with van der Waals surface area (Å²) < 4.78 is 40.2. The van der Waals surface area contributed by atoms with Gasteiger partial charge in [0.1, 0.15) is 10.7 Å². The van der Waals surface area contributed by atoms with Crippen LogP contribution in [0.1, 0.15) is 24.8 Å². The lowest BCUT2D eigenvalue weighted by molar-refractivity contribution is 0.552. The molecule has 0 aromatic heterocycles. The molecule has 0 unspecified atom stereocenters. The average molecular weight is 286 g/mol. The minimum atomic E-state index is -3.75. The van der Waals surface area contributed by atoms with E-state index in [4.69, 9.17) is 0 Å². The van der Waals surface area contributed by atoms with Gasteiger partial charge in [0.2, 0.25) is 10.0 Å². The van der Waals surface area contributed by atoms with Crippen LogP contribution in [0.3, 0.4) is 0 Å². The van der Waals surface area contributed by atoms with Crippen molar-refractivity contribution in [3.63, 3.8) is 0 Å². The zero-order chi connectivity index (χ0) is 13.9. The number of sulfonamides is 1. The lowest BCUT2D eigenvalue weighted by Crippen LogP contribution is -2.26. The molecular formula is C13H19FN2O2S. The molecule has 1 aromatic rings. The fourth-order valence-electron chi connectivity index (χ4n) is 1.95. The summed E-state index contributed by atoms with van der Waals surface area (Å²) in [6, 6.07) is 4.16. The maximum atomic E-state index is 13.7. The fraction of sp³-hybridized carbons (Fsp3) is 0.538. The van der Waals surface area contributed by atoms with Crippen molar-refractivity contribution in [2.45, 2.75) is 30.7 Å². The van der Waals surface area contributed by atoms with Crippen molar-refractivity contribution in [2.75, 3.05) is 13.6 Å². The van der Waals surface area contributed by atoms with Crippen LogP contribution in [-0.4, -0.2) is 22.0 Å². The molecule has 19 heavy (non-hydrogen) atoms. The standard InChI is InChI=1S/C13H19FN2O2S/c1-15-9-11-4-5-12(14)13(8-11)19(17,18)16-7-6-10-2-3-10/h4-5,8,10,15-16H,2-3,6-7,9H2,1H3. The second-order valence-corrected chi connectivity index (χ2v) is 6.66. The fourth-order valence-corrected chi connectivity index (χ4v) is 3.12. The number of nitrogens with one attached hydrogen (secondary N) is 2. The Kier molecular flexibility index (Phi) is 4.54. The molecular weight excluding hydrogens is 267 g/mol. The summed E-state index contributed by atoms with van der Waals surface area (Å²) in [6.07, 6.45) is 3.18. The molecule has 1 aliphatic rings. The Balaban J connectivity index is 2.10. The van der Waals surface area contributed by atoms with E-state index in [2.05, 4.69) is 10.0 Å². The van der Waals surface area contributed by atoms with E-state index in [1.807, 2.05) is 0 Å². The molecule has 1 aliphatic carbocycles. The van der Waals surface area contributed by atoms with Crippen LogP contribution in [0.5, 0.6) is 0 Å². The zero-order valence-electron chi connectivity index (χ0n) is 10.9. The Bertz CT molecular complexity index is 542. The molecule has 0 atom stereocenters. The summed E-state index contributed by atoms with van der Waals surface area (Å²) >= 11 is 0. The Morgan fingerprint density at radius 2 is 2.11 bits per heavy atom. The van der Waals surface area contributed by atoms with Gasteiger partial charge >= 0.3 is 0 Å². The van der Waals surface area contributed by atoms with E-state index in [1.165, 1.54) is 25.0 Å². The third kappa shape index (κ3) is 3.99. The predicted molar refractivity (Wildman–Crippen MR) is 71.7 cm³/mol. The molecule has 1 saturated carbocycles. The highest BCUT2D eigenvalue weighted by Gasteiger charge is 2.23. The number of rotatable bonds is 7. The van der Waals surface area contributed by atoms with Crippen LogP contribution in [-0.2, 0) is 16.6 Å². The molecule has 1 aromatic carbocycles. The van der Waals surface area contributed by atoms with Gasteiger partial charge < -0.3 is 5.32 Å². The van der Waals surface area contributed by atoms with Crippen molar-refractivity contribution in [2.24, 2.45) is 5.92 Å². The summed E-state index contributed by atoms with van der Waals surface area (Å²) in [5.41, 5.74) is 0.742. The lowest BCUT2D eigenvalue weighted by Gasteiger charge is -2.09. The first-order valence-electron chi connectivity index (χ1n) is 6.45. The first-order valence-corrected chi connectivity index (χ1v) is 7.94. The molecule has 106 valence electrons. The summed E-state index contributed by atoms with van der Waals surface area (Å²) in [5.74, 6) is -0.0676. The van der Waals surface area contributed by atoms with Crippen LogP contribution >= 0.6 is 0 Å². The van der Waals surface area contributed by atoms with Gasteiger partial charge in [-0.2, -0.15) is 0 Å². The molecule has 0 radical (unpaired) electrons. The quantitative estimate of drug-likeness (QED) is 0.801. The molecule has 4 nitrogen and oxygen atoms in total. The highest BCUT2D eigenvalue weighted by Crippen LogP contribution is 2.31. The van der Waals surface area contributed by atoms with Gasteiger partial charge in [0.05, 0.1) is 0 Å². The number of hydrogen-bond donors (Lipinski definition) is 2. The van der Waals surface area contributed by atoms with E-state index in [1.54, 1.807) is 13.1 Å². The van der Waals surface area contributed by atoms with Gasteiger partial charge in [-0.1, -0.05) is 18.9 Å². The summed E-state index contributed by atoms with van der Waals surface area (Å²) in [4.78, 5) is -0.268. The number of hydrogen-bond acceptors (Lipinski definition) is 3. The molecule has 0 bridgehead atoms. The molecule has 0 heterocycles. The molecule has 2 rings (SSSR count). The predicted octanol–water partition coefficient (Wildman–Crippen LogP) is 1.62. The van der Waals surface area contributed by atoms with E-state index in [0.29, 0.717) is 19.0 Å². The second-order valence-electron chi connectivity index (χ2n) is 4.92. The van der Waals surface area contributed by atoms with Crippen LogP contribution in [0.2, 0.25) is 0 Å². The number of halogens is 1. The van der Waals surface area contributed by atoms with Gasteiger partial charge in [-0.3, -0.25) is 0 Å². The van der Waals surface area contributed by atoms with Crippen LogP contribution in [0, 0.1) is 11.7 Å². The molecule has 6 heteroatoms. The van der Waals surface area contributed by atoms with Gasteiger partial charge in [-0.25, -0.2) is 17.5 Å². The maximum Gasteiger partial charge on any atom is 0.243 e. The minimum Gasteiger partial charge on any atom is -0.316 e. The highest BCUT2D eigenvalue weighted by molar-refractivity contribution is 7.89. The Morgan fingerprint density at radius 1 is 1.37 bits per heavy atom. The Hall–Kier alpha value is -0.980. The maximum absolute atomic E-state index is 13.7. The Labute approximate surface area is 113 Å². The largest absolute Gasteiger partial charge is 0.316 e. The SMILES string of the molecule is CNCc1ccc(F)c(S(=O)(=O)NCCC2CC2)c1. The smallest absolute Gasteiger partial charge is 0.243 e. The molecule has 0 aliphatic heterocycles. The van der Waals surface area contributed by atoms with Crippen LogP contribution in [0.4, 0.5) is 4.39 Å². The van der Waals surface area contributed by atoms with Gasteiger partial charge in [0.15, 0.2) is 0 Å². The van der Waals surface area contributed by atoms with Crippen LogP contribution in [0.25, 0.3) is 0 Å². The van der Waals surface area contributed by atoms with Crippen LogP contribution in [0.15, 0.2) is 23.1 Å². The van der Waals surface area contributed by atoms with E-state index in [0.717, 1.165) is 12.0 Å². The third-order valence-electron chi connectivity index (χ3n) is 3.21. The minimum absolute atomic E-state index is 0.268. The van der Waals surface area contributed by atoms with E-state index in [-0.39, 0.29) is 4.90 Å². The second kappa shape index (κ2) is 5.98. The van der Waals surface area contributed by atoms with Crippen molar-refractivity contribution < 1.29 is 12.8 Å². The summed E-state index contributed by atoms with van der Waals surface area (Å²) in [7, 11) is -2.00. The Morgan fingerprint density at radius 3 is 2.74 bits per heavy atom. The monoisotopic (exact) mass is 286 g/mol. The molecule has 2 N–H and O–H groups in total. The highest BCUT2D eigenvalue weighted by atomic mass is 32.2. The van der Waals surface area contributed by atoms with E-state index >= 15 is 0 Å². The van der Waals surface area contributed by atoms with Gasteiger partial charge in [0, 0.05) is 13.1 Å². The third-order valence-corrected chi connectivity index (χ3v) is 4.68. The first-order chi connectivity index (χ1) is 9.03. The van der Waals surface area contributed by atoms with Gasteiger partial charge in [-0.15, -0.1) is 0 Å². The molecule has 1 fully saturated rings. The normalized spacial score (nSPS) is 15.7. The summed E-state index contributed by atoms with van der Waals surface area (Å²) in [5, 5.41) is 2.91. The van der Waals surface area contributed by atoms with Crippen molar-refractivity contribution in [3.05, 3.63) is 29.6 Å². The van der Waals surface area contributed by atoms with Crippen LogP contribution < -0.4 is 10.0 Å². The van der Waals surface area contributed by atoms with Gasteiger partial charge in [-0.05, 0) is 37.1 Å². The lowest BCUT2D eigenvalue weighted by atomic mass is 10.2. The zero-order valence-corrected chi connectivity index (χ0v) is 11.8. The van der Waals surface area contributed by atoms with Gasteiger partial charge in [0.25, 0.3) is 0 Å². The first kappa shape index (κ1) is 14.4. The van der Waals surface area contributed by atoms with Crippen molar-refractivity contribution in [3.8, 4) is 0 Å². The van der Waals surface area contributed by atoms with Crippen molar-refractivity contribution in [1.82, 2.24) is 10.0 Å². The van der Waals surface area contributed by atoms with E-state index < -0.39 is 15.8 Å². The number of benzene rings is 1. The molecule has 0 spiro atoms. The van der Waals surface area contributed by atoms with Crippen molar-refractivity contribution in [1.29, 1.82) is 0 Å². The van der Waals surface area contributed by atoms with Crippen molar-refractivity contribution >= 4 is 10.0 Å². The van der Waals surface area contributed by atoms with E-state index in [9.17, 15) is 12.8 Å². The summed E-state index contributed by atoms with van der Waals surface area (Å²) in [6.45, 7) is 0.883.